The van der Waals surface area contributed by atoms with Crippen LogP contribution < -0.4 is 15.4 Å². The number of hydrogen-bond acceptors (Lipinski definition) is 5. The van der Waals surface area contributed by atoms with E-state index < -0.39 is 0 Å². The number of aryl methyl sites for hydroxylation is 1. The molecule has 30 heavy (non-hydrogen) atoms. The van der Waals surface area contributed by atoms with Gasteiger partial charge in [0.25, 0.3) is 0 Å². The first kappa shape index (κ1) is 21.3. The predicted molar refractivity (Wildman–Crippen MR) is 119 cm³/mol. The van der Waals surface area contributed by atoms with Gasteiger partial charge in [-0.15, -0.1) is 0 Å². The van der Waals surface area contributed by atoms with Crippen LogP contribution in [0.4, 0.5) is 5.69 Å². The molecule has 0 atom stereocenters. The molecule has 3 N–H and O–H groups in total. The molecule has 0 saturated heterocycles. The second-order valence-corrected chi connectivity index (χ2v) is 6.77. The van der Waals surface area contributed by atoms with Crippen molar-refractivity contribution in [3.05, 3.63) is 54.1 Å². The summed E-state index contributed by atoms with van der Waals surface area (Å²) in [6.45, 7) is 5.81. The van der Waals surface area contributed by atoms with E-state index in [2.05, 4.69) is 17.6 Å². The summed E-state index contributed by atoms with van der Waals surface area (Å²) < 4.78 is 11.3. The number of guanidine groups is 1. The van der Waals surface area contributed by atoms with Gasteiger partial charge in [0.15, 0.2) is 5.96 Å². The van der Waals surface area contributed by atoms with E-state index in [0.29, 0.717) is 31.1 Å². The Balaban J connectivity index is 1.96. The van der Waals surface area contributed by atoms with Crippen molar-refractivity contribution in [2.75, 3.05) is 25.1 Å². The highest BCUT2D eigenvalue weighted by atomic mass is 16.5. The smallest absolute Gasteiger partial charge is 0.213 e. The van der Waals surface area contributed by atoms with Gasteiger partial charge < -0.3 is 14.8 Å². The number of rotatable bonds is 9. The van der Waals surface area contributed by atoms with E-state index in [1.165, 1.54) is 0 Å². The number of nitrogens with zero attached hydrogens (tertiary/aromatic N) is 1. The lowest BCUT2D eigenvalue weighted by atomic mass is 10.0. The third kappa shape index (κ3) is 5.33. The fourth-order valence-electron chi connectivity index (χ4n) is 3.09. The molecule has 7 heteroatoms. The molecule has 1 heterocycles. The van der Waals surface area contributed by atoms with E-state index in [1.54, 1.807) is 0 Å². The maximum Gasteiger partial charge on any atom is 0.213 e. The number of ether oxygens (including phenoxy) is 2. The lowest BCUT2D eigenvalue weighted by Gasteiger charge is -2.14. The topological polar surface area (TPSA) is 96.3 Å². The maximum absolute atomic E-state index is 10.7. The average Bonchev–Trinajstić information content (AvgIpc) is 2.74. The molecule has 2 aromatic carbocycles. The zero-order valence-electron chi connectivity index (χ0n) is 17.2. The summed E-state index contributed by atoms with van der Waals surface area (Å²) in [5.41, 5.74) is 4.26. The van der Waals surface area contributed by atoms with Crippen LogP contribution in [0, 0.1) is 12.3 Å². The van der Waals surface area contributed by atoms with Gasteiger partial charge in [0, 0.05) is 23.6 Å². The number of pyridine rings is 1. The molecule has 0 aliphatic rings. The van der Waals surface area contributed by atoms with Crippen LogP contribution in [-0.4, -0.2) is 37.2 Å². The molecule has 0 radical (unpaired) electrons. The molecule has 7 nitrogen and oxygen atoms in total. The zero-order chi connectivity index (χ0) is 21.3. The van der Waals surface area contributed by atoms with Gasteiger partial charge in [-0.3, -0.25) is 15.5 Å². The van der Waals surface area contributed by atoms with E-state index in [0.717, 1.165) is 40.8 Å². The van der Waals surface area contributed by atoms with E-state index in [-0.39, 0.29) is 5.96 Å². The van der Waals surface area contributed by atoms with Gasteiger partial charge in [-0.25, -0.2) is 4.98 Å². The zero-order valence-corrected chi connectivity index (χ0v) is 17.2. The average molecular weight is 406 g/mol. The molecular formula is C23H26N4O3. The molecule has 0 spiro atoms. The van der Waals surface area contributed by atoms with Gasteiger partial charge in [-0.05, 0) is 37.1 Å². The Bertz CT molecular complexity index is 1040. The summed E-state index contributed by atoms with van der Waals surface area (Å²) >= 11 is 0. The fourth-order valence-corrected chi connectivity index (χ4v) is 3.09. The highest BCUT2D eigenvalue weighted by molar-refractivity contribution is 6.05. The highest BCUT2D eigenvalue weighted by Gasteiger charge is 2.11. The van der Waals surface area contributed by atoms with Crippen molar-refractivity contribution < 1.29 is 14.3 Å². The monoisotopic (exact) mass is 406 g/mol. The number of nitrogens with one attached hydrogen (secondary N) is 3. The van der Waals surface area contributed by atoms with Gasteiger partial charge in [-0.2, -0.15) is 0 Å². The van der Waals surface area contributed by atoms with Gasteiger partial charge in [-0.1, -0.05) is 31.2 Å². The number of anilines is 1. The Morgan fingerprint density at radius 3 is 2.73 bits per heavy atom. The van der Waals surface area contributed by atoms with Crippen molar-refractivity contribution in [2.24, 2.45) is 0 Å². The normalized spacial score (nSPS) is 10.6. The summed E-state index contributed by atoms with van der Waals surface area (Å²) in [5, 5.41) is 14.0. The van der Waals surface area contributed by atoms with Crippen molar-refractivity contribution >= 4 is 29.0 Å². The Hall–Kier alpha value is -3.45. The molecule has 0 unspecified atom stereocenters. The molecule has 1 amide bonds. The van der Waals surface area contributed by atoms with E-state index >= 15 is 0 Å². The third-order valence-electron chi connectivity index (χ3n) is 4.51. The van der Waals surface area contributed by atoms with Crippen LogP contribution in [-0.2, 0) is 9.53 Å². The first-order valence-electron chi connectivity index (χ1n) is 9.89. The standard InChI is InChI=1S/C23H26N4O3/c1-3-10-29-11-12-30-17-8-9-19-20(13-17)26-21(18-7-5-4-6-16(18)2)14-22(19)27-23(24)25-15-28/h4-9,13-15H,3,10-12H2,1-2H3,(H3,24,25,26,27,28). The summed E-state index contributed by atoms with van der Waals surface area (Å²) in [4.78, 5) is 15.5. The Labute approximate surface area is 175 Å². The molecule has 0 aliphatic heterocycles. The Morgan fingerprint density at radius 2 is 1.97 bits per heavy atom. The van der Waals surface area contributed by atoms with Crippen LogP contribution >= 0.6 is 0 Å². The quantitative estimate of drug-likeness (QED) is 0.215. The second-order valence-electron chi connectivity index (χ2n) is 6.77. The van der Waals surface area contributed by atoms with Crippen molar-refractivity contribution in [1.29, 1.82) is 5.41 Å². The summed E-state index contributed by atoms with van der Waals surface area (Å²) in [6.07, 6.45) is 1.44. The number of carbonyl (C=O) groups excluding carboxylic acids is 1. The first-order chi connectivity index (χ1) is 14.6. The molecule has 156 valence electrons. The molecule has 1 aromatic heterocycles. The maximum atomic E-state index is 10.7. The molecule has 0 aliphatic carbocycles. The van der Waals surface area contributed by atoms with Crippen molar-refractivity contribution in [1.82, 2.24) is 10.3 Å². The molecule has 0 saturated carbocycles. The van der Waals surface area contributed by atoms with Crippen LogP contribution in [0.5, 0.6) is 5.75 Å². The van der Waals surface area contributed by atoms with Crippen LogP contribution in [0.2, 0.25) is 0 Å². The summed E-state index contributed by atoms with van der Waals surface area (Å²) in [5.74, 6) is 0.589. The predicted octanol–water partition coefficient (Wildman–Crippen LogP) is 4.11. The molecule has 3 aromatic rings. The van der Waals surface area contributed by atoms with Crippen LogP contribution in [0.3, 0.4) is 0 Å². The number of fused-ring (bicyclic) bond motifs is 1. The third-order valence-corrected chi connectivity index (χ3v) is 4.51. The minimum Gasteiger partial charge on any atom is -0.491 e. The van der Waals surface area contributed by atoms with E-state index in [9.17, 15) is 4.79 Å². The van der Waals surface area contributed by atoms with Gasteiger partial charge in [0.1, 0.15) is 12.4 Å². The molecule has 3 rings (SSSR count). The Morgan fingerprint density at radius 1 is 1.13 bits per heavy atom. The van der Waals surface area contributed by atoms with Gasteiger partial charge in [0.2, 0.25) is 6.41 Å². The van der Waals surface area contributed by atoms with E-state index in [4.69, 9.17) is 19.9 Å². The van der Waals surface area contributed by atoms with Crippen molar-refractivity contribution in [3.63, 3.8) is 0 Å². The van der Waals surface area contributed by atoms with Crippen LogP contribution in [0.25, 0.3) is 22.2 Å². The SMILES string of the molecule is CCCOCCOc1ccc2c(NC(=N)NC=O)cc(-c3ccccc3C)nc2c1. The number of aromatic nitrogens is 1. The summed E-state index contributed by atoms with van der Waals surface area (Å²) in [7, 11) is 0. The second kappa shape index (κ2) is 10.4. The fraction of sp³-hybridized carbons (Fsp3) is 0.261. The molecule has 0 bridgehead atoms. The Kier molecular flexibility index (Phi) is 7.34. The van der Waals surface area contributed by atoms with Crippen LogP contribution in [0.1, 0.15) is 18.9 Å². The number of benzene rings is 2. The van der Waals surface area contributed by atoms with E-state index in [1.807, 2.05) is 55.5 Å². The molecular weight excluding hydrogens is 380 g/mol. The molecule has 0 fully saturated rings. The highest BCUT2D eigenvalue weighted by Crippen LogP contribution is 2.31. The lowest BCUT2D eigenvalue weighted by molar-refractivity contribution is -0.108. The first-order valence-corrected chi connectivity index (χ1v) is 9.89. The van der Waals surface area contributed by atoms with Crippen molar-refractivity contribution in [3.8, 4) is 17.0 Å². The lowest BCUT2D eigenvalue weighted by Crippen LogP contribution is -2.28. The van der Waals surface area contributed by atoms with Gasteiger partial charge >= 0.3 is 0 Å². The van der Waals surface area contributed by atoms with Crippen molar-refractivity contribution in [2.45, 2.75) is 20.3 Å². The van der Waals surface area contributed by atoms with Crippen LogP contribution in [0.15, 0.2) is 48.5 Å². The van der Waals surface area contributed by atoms with Gasteiger partial charge in [0.05, 0.1) is 23.5 Å². The number of amides is 1. The minimum atomic E-state index is -0.110. The number of hydrogen-bond donors (Lipinski definition) is 3. The number of carbonyl (C=O) groups is 1. The summed E-state index contributed by atoms with van der Waals surface area (Å²) in [6, 6.07) is 15.5. The largest absolute Gasteiger partial charge is 0.491 e. The minimum absolute atomic E-state index is 0.110.